The summed E-state index contributed by atoms with van der Waals surface area (Å²) in [7, 11) is 0. The van der Waals surface area contributed by atoms with Crippen LogP contribution in [0.2, 0.25) is 0 Å². The minimum Gasteiger partial charge on any atom is -0.378 e. The van der Waals surface area contributed by atoms with Crippen LogP contribution in [0.1, 0.15) is 17.5 Å². The summed E-state index contributed by atoms with van der Waals surface area (Å²) >= 11 is 0. The zero-order chi connectivity index (χ0) is 14.4. The van der Waals surface area contributed by atoms with Crippen molar-refractivity contribution >= 4 is 11.6 Å². The van der Waals surface area contributed by atoms with Gasteiger partial charge in [0, 0.05) is 24.7 Å². The van der Waals surface area contributed by atoms with E-state index in [9.17, 15) is 4.79 Å². The maximum absolute atomic E-state index is 11.9. The van der Waals surface area contributed by atoms with Crippen molar-refractivity contribution < 1.29 is 9.53 Å². The first-order chi connectivity index (χ1) is 9.72. The molecule has 102 valence electrons. The molecule has 0 bridgehead atoms. The van der Waals surface area contributed by atoms with E-state index in [-0.39, 0.29) is 17.5 Å². The predicted molar refractivity (Wildman–Crippen MR) is 71.7 cm³/mol. The smallest absolute Gasteiger partial charge is 0.226 e. The first kappa shape index (κ1) is 14.0. The van der Waals surface area contributed by atoms with E-state index in [1.54, 1.807) is 6.07 Å². The van der Waals surface area contributed by atoms with Gasteiger partial charge in [0.25, 0.3) is 0 Å². The fraction of sp³-hybridized carbons (Fsp3) is 0.357. The summed E-state index contributed by atoms with van der Waals surface area (Å²) in [6.45, 7) is 1.93. The Morgan fingerprint density at radius 3 is 2.85 bits per heavy atom. The Morgan fingerprint density at radius 2 is 2.20 bits per heavy atom. The molecule has 2 N–H and O–H groups in total. The number of hydrogen-bond donors (Lipinski definition) is 2. The van der Waals surface area contributed by atoms with Gasteiger partial charge in [-0.05, 0) is 18.2 Å². The summed E-state index contributed by atoms with van der Waals surface area (Å²) in [6, 6.07) is 8.52. The highest BCUT2D eigenvalue weighted by molar-refractivity contribution is 5.91. The van der Waals surface area contributed by atoms with Crippen molar-refractivity contribution in [2.45, 2.75) is 12.5 Å². The number of rotatable bonds is 3. The van der Waals surface area contributed by atoms with Crippen molar-refractivity contribution in [3.05, 3.63) is 29.3 Å². The molecule has 1 aromatic rings. The van der Waals surface area contributed by atoms with Gasteiger partial charge in [0.05, 0.1) is 24.3 Å². The molecule has 6 heteroatoms. The van der Waals surface area contributed by atoms with Gasteiger partial charge in [0.15, 0.2) is 0 Å². The Balaban J connectivity index is 1.97. The number of carbonyl (C=O) groups excluding carboxylic acids is 1. The average Bonchev–Trinajstić information content (AvgIpc) is 2.48. The first-order valence-corrected chi connectivity index (χ1v) is 6.28. The molecular formula is C14H14N4O2. The zero-order valence-corrected chi connectivity index (χ0v) is 10.8. The average molecular weight is 270 g/mol. The number of nitriles is 2. The standard InChI is InChI=1S/C14H14N4O2/c15-7-10-1-2-12(5-11(10)8-16)18-14(19)6-13-9-20-4-3-17-13/h1-2,5,13,17H,3-4,6,9H2,(H,18,19). The third-order valence-corrected chi connectivity index (χ3v) is 2.97. The predicted octanol–water partition coefficient (Wildman–Crippen LogP) is 0.747. The SMILES string of the molecule is N#Cc1ccc(NC(=O)CC2COCCN2)cc1C#N. The lowest BCUT2D eigenvalue weighted by Crippen LogP contribution is -2.43. The van der Waals surface area contributed by atoms with Crippen LogP contribution in [0.3, 0.4) is 0 Å². The summed E-state index contributed by atoms with van der Waals surface area (Å²) in [5, 5.41) is 23.7. The molecule has 2 rings (SSSR count). The van der Waals surface area contributed by atoms with Gasteiger partial charge in [0.2, 0.25) is 5.91 Å². The number of anilines is 1. The van der Waals surface area contributed by atoms with Crippen molar-refractivity contribution in [1.29, 1.82) is 10.5 Å². The van der Waals surface area contributed by atoms with Gasteiger partial charge in [-0.25, -0.2) is 0 Å². The maximum Gasteiger partial charge on any atom is 0.226 e. The van der Waals surface area contributed by atoms with Gasteiger partial charge in [-0.1, -0.05) is 0 Å². The van der Waals surface area contributed by atoms with E-state index in [0.717, 1.165) is 6.54 Å². The van der Waals surface area contributed by atoms with Crippen LogP contribution in [0.4, 0.5) is 5.69 Å². The van der Waals surface area contributed by atoms with E-state index in [0.29, 0.717) is 30.9 Å². The van der Waals surface area contributed by atoms with Crippen LogP contribution in [0.5, 0.6) is 0 Å². The summed E-state index contributed by atoms with van der Waals surface area (Å²) < 4.78 is 5.28. The molecule has 1 aliphatic heterocycles. The number of morpholine rings is 1. The number of benzene rings is 1. The van der Waals surface area contributed by atoms with Crippen LogP contribution in [0, 0.1) is 22.7 Å². The van der Waals surface area contributed by atoms with Crippen LogP contribution in [-0.4, -0.2) is 31.7 Å². The molecule has 0 spiro atoms. The topological polar surface area (TPSA) is 97.9 Å². The fourth-order valence-corrected chi connectivity index (χ4v) is 2.00. The number of ether oxygens (including phenoxy) is 1. The minimum absolute atomic E-state index is 0.0116. The third kappa shape index (κ3) is 3.55. The molecule has 6 nitrogen and oxygen atoms in total. The van der Waals surface area contributed by atoms with Crippen LogP contribution in [0.15, 0.2) is 18.2 Å². The van der Waals surface area contributed by atoms with E-state index in [1.165, 1.54) is 12.1 Å². The Morgan fingerprint density at radius 1 is 1.40 bits per heavy atom. The Kier molecular flexibility index (Phi) is 4.67. The van der Waals surface area contributed by atoms with Gasteiger partial charge in [-0.2, -0.15) is 10.5 Å². The van der Waals surface area contributed by atoms with Gasteiger partial charge in [0.1, 0.15) is 12.1 Å². The van der Waals surface area contributed by atoms with Crippen molar-refractivity contribution in [3.8, 4) is 12.1 Å². The lowest BCUT2D eigenvalue weighted by Gasteiger charge is -2.23. The second kappa shape index (κ2) is 6.67. The van der Waals surface area contributed by atoms with Gasteiger partial charge in [-0.3, -0.25) is 4.79 Å². The molecule has 1 saturated heterocycles. The largest absolute Gasteiger partial charge is 0.378 e. The van der Waals surface area contributed by atoms with Gasteiger partial charge in [-0.15, -0.1) is 0 Å². The Labute approximate surface area is 117 Å². The molecule has 1 amide bonds. The van der Waals surface area contributed by atoms with Gasteiger partial charge < -0.3 is 15.4 Å². The highest BCUT2D eigenvalue weighted by Gasteiger charge is 2.17. The van der Waals surface area contributed by atoms with Crippen LogP contribution < -0.4 is 10.6 Å². The fourth-order valence-electron chi connectivity index (χ4n) is 2.00. The molecule has 0 aliphatic carbocycles. The molecular weight excluding hydrogens is 256 g/mol. The number of hydrogen-bond acceptors (Lipinski definition) is 5. The molecule has 1 fully saturated rings. The van der Waals surface area contributed by atoms with Crippen LogP contribution in [-0.2, 0) is 9.53 Å². The van der Waals surface area contributed by atoms with Crippen LogP contribution >= 0.6 is 0 Å². The Bertz CT molecular complexity index is 580. The number of carbonyl (C=O) groups is 1. The summed E-state index contributed by atoms with van der Waals surface area (Å²) in [5.41, 5.74) is 1.07. The molecule has 1 aliphatic rings. The zero-order valence-electron chi connectivity index (χ0n) is 10.8. The van der Waals surface area contributed by atoms with E-state index in [1.807, 2.05) is 12.1 Å². The normalized spacial score (nSPS) is 17.8. The van der Waals surface area contributed by atoms with E-state index in [4.69, 9.17) is 15.3 Å². The highest BCUT2D eigenvalue weighted by atomic mass is 16.5. The van der Waals surface area contributed by atoms with Crippen molar-refractivity contribution in [1.82, 2.24) is 5.32 Å². The second-order valence-corrected chi connectivity index (χ2v) is 4.46. The summed E-state index contributed by atoms with van der Waals surface area (Å²) in [6.07, 6.45) is 0.307. The third-order valence-electron chi connectivity index (χ3n) is 2.97. The second-order valence-electron chi connectivity index (χ2n) is 4.46. The quantitative estimate of drug-likeness (QED) is 0.844. The monoisotopic (exact) mass is 270 g/mol. The highest BCUT2D eigenvalue weighted by Crippen LogP contribution is 2.15. The number of nitrogens with zero attached hydrogens (tertiary/aromatic N) is 2. The molecule has 0 radical (unpaired) electrons. The molecule has 1 atom stereocenters. The Hall–Kier alpha value is -2.41. The van der Waals surface area contributed by atoms with Crippen molar-refractivity contribution in [2.75, 3.05) is 25.1 Å². The van der Waals surface area contributed by atoms with Gasteiger partial charge >= 0.3 is 0 Å². The lowest BCUT2D eigenvalue weighted by molar-refractivity contribution is -0.117. The molecule has 1 aromatic carbocycles. The van der Waals surface area contributed by atoms with E-state index < -0.39 is 0 Å². The maximum atomic E-state index is 11.9. The molecule has 20 heavy (non-hydrogen) atoms. The minimum atomic E-state index is -0.151. The van der Waals surface area contributed by atoms with Crippen LogP contribution in [0.25, 0.3) is 0 Å². The first-order valence-electron chi connectivity index (χ1n) is 6.28. The van der Waals surface area contributed by atoms with E-state index in [2.05, 4.69) is 10.6 Å². The lowest BCUT2D eigenvalue weighted by atomic mass is 10.1. The summed E-state index contributed by atoms with van der Waals surface area (Å²) in [5.74, 6) is -0.151. The number of nitrogens with one attached hydrogen (secondary N) is 2. The molecule has 1 heterocycles. The number of amides is 1. The van der Waals surface area contributed by atoms with Crippen molar-refractivity contribution in [3.63, 3.8) is 0 Å². The summed E-state index contributed by atoms with van der Waals surface area (Å²) in [4.78, 5) is 11.9. The van der Waals surface area contributed by atoms with E-state index >= 15 is 0 Å². The van der Waals surface area contributed by atoms with Crippen molar-refractivity contribution in [2.24, 2.45) is 0 Å². The molecule has 0 saturated carbocycles. The molecule has 1 unspecified atom stereocenters. The molecule has 0 aromatic heterocycles.